The van der Waals surface area contributed by atoms with Gasteiger partial charge in [0.2, 0.25) is 5.91 Å². The van der Waals surface area contributed by atoms with Gasteiger partial charge in [-0.2, -0.15) is 5.10 Å². The first-order valence-corrected chi connectivity index (χ1v) is 4.73. The third-order valence-electron chi connectivity index (χ3n) is 1.73. The zero-order chi connectivity index (χ0) is 11.4. The highest BCUT2D eigenvalue weighted by atomic mass is 16.5. The van der Waals surface area contributed by atoms with Gasteiger partial charge in [0.25, 0.3) is 0 Å². The van der Waals surface area contributed by atoms with Gasteiger partial charge in [-0.05, 0) is 13.8 Å². The topological polar surface area (TPSA) is 96.2 Å². The van der Waals surface area contributed by atoms with Gasteiger partial charge in [0.1, 0.15) is 6.04 Å². The molecule has 0 spiro atoms. The average molecular weight is 212 g/mol. The summed E-state index contributed by atoms with van der Waals surface area (Å²) in [7, 11) is 0. The molecule has 6 nitrogen and oxygen atoms in total. The molecule has 0 fully saturated rings. The first-order chi connectivity index (χ1) is 6.99. The Morgan fingerprint density at radius 2 is 2.33 bits per heavy atom. The Morgan fingerprint density at radius 3 is 2.87 bits per heavy atom. The molecule has 0 saturated carbocycles. The second-order valence-electron chi connectivity index (χ2n) is 3.57. The molecule has 1 heterocycles. The molecule has 1 unspecified atom stereocenters. The summed E-state index contributed by atoms with van der Waals surface area (Å²) in [5, 5.41) is 4.00. The maximum atomic E-state index is 10.7. The molecule has 15 heavy (non-hydrogen) atoms. The molecule has 0 saturated heterocycles. The molecule has 1 atom stereocenters. The number of primary amides is 1. The molecule has 84 valence electrons. The van der Waals surface area contributed by atoms with Crippen molar-refractivity contribution in [2.75, 3.05) is 0 Å². The number of carbonyl (C=O) groups is 1. The van der Waals surface area contributed by atoms with Crippen LogP contribution in [-0.2, 0) is 11.3 Å². The van der Waals surface area contributed by atoms with E-state index in [9.17, 15) is 4.79 Å². The lowest BCUT2D eigenvalue weighted by Crippen LogP contribution is -2.39. The molecule has 0 aliphatic rings. The van der Waals surface area contributed by atoms with Gasteiger partial charge < -0.3 is 16.2 Å². The van der Waals surface area contributed by atoms with Crippen LogP contribution >= 0.6 is 0 Å². The summed E-state index contributed by atoms with van der Waals surface area (Å²) in [4.78, 5) is 10.7. The van der Waals surface area contributed by atoms with Crippen LogP contribution in [0.2, 0.25) is 0 Å². The Morgan fingerprint density at radius 1 is 1.67 bits per heavy atom. The van der Waals surface area contributed by atoms with E-state index < -0.39 is 11.9 Å². The number of rotatable bonds is 5. The molecule has 0 radical (unpaired) electrons. The molecular weight excluding hydrogens is 196 g/mol. The van der Waals surface area contributed by atoms with Crippen molar-refractivity contribution in [3.05, 3.63) is 12.4 Å². The smallest absolute Gasteiger partial charge is 0.236 e. The fraction of sp³-hybridized carbons (Fsp3) is 0.556. The fourth-order valence-corrected chi connectivity index (χ4v) is 1.07. The number of amides is 1. The summed E-state index contributed by atoms with van der Waals surface area (Å²) < 4.78 is 6.93. The number of nitrogens with zero attached hydrogens (tertiary/aromatic N) is 2. The van der Waals surface area contributed by atoms with Crippen LogP contribution in [0, 0.1) is 0 Å². The minimum absolute atomic E-state index is 0.0902. The Hall–Kier alpha value is -1.56. The van der Waals surface area contributed by atoms with E-state index >= 15 is 0 Å². The highest BCUT2D eigenvalue weighted by Gasteiger charge is 2.11. The lowest BCUT2D eigenvalue weighted by atomic mass is 10.3. The Bertz CT molecular complexity index is 335. The normalized spacial score (nSPS) is 12.8. The zero-order valence-electron chi connectivity index (χ0n) is 8.88. The Balaban J connectivity index is 2.56. The molecule has 6 heteroatoms. The van der Waals surface area contributed by atoms with Gasteiger partial charge >= 0.3 is 0 Å². The predicted molar refractivity (Wildman–Crippen MR) is 55.2 cm³/mol. The standard InChI is InChI=1S/C9H16N4O2/c1-6(2)15-7-3-12-13(4-7)5-8(10)9(11)14/h3-4,6,8H,5,10H2,1-2H3,(H2,11,14). The number of hydrogen-bond donors (Lipinski definition) is 2. The Kier molecular flexibility index (Phi) is 3.68. The maximum Gasteiger partial charge on any atom is 0.236 e. The first kappa shape index (κ1) is 11.5. The van der Waals surface area contributed by atoms with Crippen molar-refractivity contribution in [1.82, 2.24) is 9.78 Å². The molecule has 0 aliphatic heterocycles. The summed E-state index contributed by atoms with van der Waals surface area (Å²) in [6.07, 6.45) is 3.35. The van der Waals surface area contributed by atoms with Gasteiger partial charge in [-0.3, -0.25) is 9.48 Å². The number of ether oxygens (including phenoxy) is 1. The summed E-state index contributed by atoms with van der Waals surface area (Å²) in [6, 6.07) is -0.725. The van der Waals surface area contributed by atoms with Crippen LogP contribution in [0.4, 0.5) is 0 Å². The van der Waals surface area contributed by atoms with Crippen molar-refractivity contribution in [2.24, 2.45) is 11.5 Å². The number of nitrogens with two attached hydrogens (primary N) is 2. The summed E-state index contributed by atoms with van der Waals surface area (Å²) in [6.45, 7) is 4.11. The van der Waals surface area contributed by atoms with Crippen molar-refractivity contribution in [3.63, 3.8) is 0 Å². The lowest BCUT2D eigenvalue weighted by Gasteiger charge is -2.07. The van der Waals surface area contributed by atoms with E-state index in [1.54, 1.807) is 12.4 Å². The quantitative estimate of drug-likeness (QED) is 0.686. The highest BCUT2D eigenvalue weighted by molar-refractivity contribution is 5.79. The van der Waals surface area contributed by atoms with Crippen molar-refractivity contribution in [3.8, 4) is 5.75 Å². The van der Waals surface area contributed by atoms with Crippen molar-refractivity contribution >= 4 is 5.91 Å². The van der Waals surface area contributed by atoms with E-state index in [1.165, 1.54) is 4.68 Å². The van der Waals surface area contributed by atoms with Crippen LogP contribution in [-0.4, -0.2) is 27.8 Å². The number of hydrogen-bond acceptors (Lipinski definition) is 4. The van der Waals surface area contributed by atoms with E-state index in [0.29, 0.717) is 5.75 Å². The molecule has 4 N–H and O–H groups in total. The van der Waals surface area contributed by atoms with Gasteiger partial charge in [-0.15, -0.1) is 0 Å². The third kappa shape index (κ3) is 3.59. The van der Waals surface area contributed by atoms with Gasteiger partial charge in [-0.25, -0.2) is 0 Å². The van der Waals surface area contributed by atoms with E-state index in [1.807, 2.05) is 13.8 Å². The van der Waals surface area contributed by atoms with Crippen LogP contribution in [0.25, 0.3) is 0 Å². The van der Waals surface area contributed by atoms with Gasteiger partial charge in [0.05, 0.1) is 25.0 Å². The molecule has 1 rings (SSSR count). The van der Waals surface area contributed by atoms with E-state index in [4.69, 9.17) is 16.2 Å². The van der Waals surface area contributed by atoms with Crippen molar-refractivity contribution in [2.45, 2.75) is 32.5 Å². The van der Waals surface area contributed by atoms with Gasteiger partial charge in [0, 0.05) is 0 Å². The zero-order valence-corrected chi connectivity index (χ0v) is 8.88. The van der Waals surface area contributed by atoms with Crippen molar-refractivity contribution < 1.29 is 9.53 Å². The number of carbonyl (C=O) groups excluding carboxylic acids is 1. The average Bonchev–Trinajstić information content (AvgIpc) is 2.51. The molecule has 1 amide bonds. The maximum absolute atomic E-state index is 10.7. The van der Waals surface area contributed by atoms with Gasteiger partial charge in [0.15, 0.2) is 5.75 Å². The SMILES string of the molecule is CC(C)Oc1cnn(CC(N)C(N)=O)c1. The molecule has 1 aromatic rings. The van der Waals surface area contributed by atoms with E-state index in [-0.39, 0.29) is 12.6 Å². The second-order valence-corrected chi connectivity index (χ2v) is 3.57. The first-order valence-electron chi connectivity index (χ1n) is 4.73. The van der Waals surface area contributed by atoms with Crippen LogP contribution in [0.1, 0.15) is 13.8 Å². The van der Waals surface area contributed by atoms with E-state index in [2.05, 4.69) is 5.10 Å². The monoisotopic (exact) mass is 212 g/mol. The fourth-order valence-electron chi connectivity index (χ4n) is 1.07. The predicted octanol–water partition coefficient (Wildman–Crippen LogP) is -0.517. The summed E-state index contributed by atoms with van der Waals surface area (Å²) in [5.74, 6) is 0.110. The van der Waals surface area contributed by atoms with Crippen LogP contribution in [0.15, 0.2) is 12.4 Å². The second kappa shape index (κ2) is 4.79. The lowest BCUT2D eigenvalue weighted by molar-refractivity contribution is -0.119. The molecule has 0 bridgehead atoms. The molecular formula is C9H16N4O2. The summed E-state index contributed by atoms with van der Waals surface area (Å²) in [5.41, 5.74) is 10.5. The van der Waals surface area contributed by atoms with Crippen LogP contribution in [0.3, 0.4) is 0 Å². The van der Waals surface area contributed by atoms with E-state index in [0.717, 1.165) is 0 Å². The highest BCUT2D eigenvalue weighted by Crippen LogP contribution is 2.10. The summed E-state index contributed by atoms with van der Waals surface area (Å²) >= 11 is 0. The minimum Gasteiger partial charge on any atom is -0.488 e. The van der Waals surface area contributed by atoms with Crippen LogP contribution < -0.4 is 16.2 Å². The Labute approximate surface area is 88.2 Å². The van der Waals surface area contributed by atoms with Gasteiger partial charge in [-0.1, -0.05) is 0 Å². The molecule has 1 aromatic heterocycles. The number of aromatic nitrogens is 2. The molecule has 0 aromatic carbocycles. The third-order valence-corrected chi connectivity index (χ3v) is 1.73. The molecule has 0 aliphatic carbocycles. The largest absolute Gasteiger partial charge is 0.488 e. The minimum atomic E-state index is -0.725. The van der Waals surface area contributed by atoms with Crippen molar-refractivity contribution in [1.29, 1.82) is 0 Å². The van der Waals surface area contributed by atoms with Crippen LogP contribution in [0.5, 0.6) is 5.75 Å².